The van der Waals surface area contributed by atoms with Crippen molar-refractivity contribution in [3.8, 4) is 0 Å². The van der Waals surface area contributed by atoms with Crippen LogP contribution in [0.25, 0.3) is 0 Å². The predicted molar refractivity (Wildman–Crippen MR) is 66.3 cm³/mol. The van der Waals surface area contributed by atoms with Crippen LogP contribution in [0.5, 0.6) is 0 Å². The highest BCUT2D eigenvalue weighted by Gasteiger charge is 2.09. The fraction of sp³-hybridized carbons (Fsp3) is 0.643. The average molecular weight is 205 g/mol. The minimum absolute atomic E-state index is 1.06. The molecule has 1 aromatic heterocycles. The highest BCUT2D eigenvalue weighted by atomic mass is 14.7. The smallest absolute Gasteiger partial charge is 0.0435 e. The molecule has 0 radical (unpaired) electrons. The number of hydrogen-bond donors (Lipinski definition) is 0. The zero-order chi connectivity index (χ0) is 11.3. The summed E-state index contributed by atoms with van der Waals surface area (Å²) >= 11 is 0. The number of pyridine rings is 1. The first-order valence-corrected chi connectivity index (χ1v) is 6.20. The molecule has 1 heterocycles. The van der Waals surface area contributed by atoms with Crippen molar-refractivity contribution >= 4 is 0 Å². The van der Waals surface area contributed by atoms with E-state index in [1.807, 2.05) is 6.20 Å². The molecule has 1 heteroatoms. The first-order valence-electron chi connectivity index (χ1n) is 6.20. The van der Waals surface area contributed by atoms with E-state index in [9.17, 15) is 0 Å². The zero-order valence-electron chi connectivity index (χ0n) is 10.6. The van der Waals surface area contributed by atoms with Crippen molar-refractivity contribution in [1.82, 2.24) is 4.98 Å². The number of nitrogens with zero attached hydrogens (tertiary/aromatic N) is 1. The van der Waals surface area contributed by atoms with Crippen molar-refractivity contribution in [2.75, 3.05) is 0 Å². The largest absolute Gasteiger partial charge is 0.261 e. The van der Waals surface area contributed by atoms with Gasteiger partial charge < -0.3 is 0 Å². The second kappa shape index (κ2) is 5.89. The van der Waals surface area contributed by atoms with Gasteiger partial charge in [-0.15, -0.1) is 0 Å². The zero-order valence-corrected chi connectivity index (χ0v) is 10.6. The van der Waals surface area contributed by atoms with Crippen LogP contribution in [-0.2, 0) is 19.3 Å². The number of aryl methyl sites for hydroxylation is 2. The van der Waals surface area contributed by atoms with Gasteiger partial charge >= 0.3 is 0 Å². The van der Waals surface area contributed by atoms with Gasteiger partial charge in [-0.2, -0.15) is 0 Å². The Morgan fingerprint density at radius 3 is 2.13 bits per heavy atom. The number of hydrogen-bond acceptors (Lipinski definition) is 1. The van der Waals surface area contributed by atoms with Crippen LogP contribution in [-0.4, -0.2) is 4.98 Å². The normalized spacial score (nSPS) is 10.7. The molecule has 0 saturated carbocycles. The average Bonchev–Trinajstić information content (AvgIpc) is 2.24. The van der Waals surface area contributed by atoms with Crippen LogP contribution >= 0.6 is 0 Å². The maximum absolute atomic E-state index is 4.56. The van der Waals surface area contributed by atoms with Crippen LogP contribution in [0.2, 0.25) is 0 Å². The lowest BCUT2D eigenvalue weighted by Gasteiger charge is -2.14. The van der Waals surface area contributed by atoms with E-state index < -0.39 is 0 Å². The van der Waals surface area contributed by atoms with Gasteiger partial charge in [-0.3, -0.25) is 4.98 Å². The lowest BCUT2D eigenvalue weighted by Crippen LogP contribution is -2.04. The lowest BCUT2D eigenvalue weighted by atomic mass is 9.94. The van der Waals surface area contributed by atoms with E-state index in [-0.39, 0.29) is 0 Å². The summed E-state index contributed by atoms with van der Waals surface area (Å²) in [7, 11) is 0. The summed E-state index contributed by atoms with van der Waals surface area (Å²) in [6.45, 7) is 8.89. The summed E-state index contributed by atoms with van der Waals surface area (Å²) in [4.78, 5) is 4.56. The Bertz CT molecular complexity index is 315. The van der Waals surface area contributed by atoms with Crippen molar-refractivity contribution in [3.05, 3.63) is 28.6 Å². The van der Waals surface area contributed by atoms with Gasteiger partial charge in [0, 0.05) is 11.9 Å². The molecular formula is C14H23N. The number of rotatable bonds is 5. The molecule has 0 atom stereocenters. The highest BCUT2D eigenvalue weighted by Crippen LogP contribution is 2.20. The van der Waals surface area contributed by atoms with Crippen molar-refractivity contribution in [1.29, 1.82) is 0 Å². The van der Waals surface area contributed by atoms with Crippen molar-refractivity contribution in [2.24, 2.45) is 0 Å². The SMILES string of the molecule is CCCc1c(C)cnc(CC)c1CCC. The third kappa shape index (κ3) is 2.80. The second-order valence-corrected chi connectivity index (χ2v) is 4.20. The molecule has 0 aliphatic heterocycles. The van der Waals surface area contributed by atoms with E-state index in [1.54, 1.807) is 5.56 Å². The van der Waals surface area contributed by atoms with E-state index in [0.717, 1.165) is 6.42 Å². The Kier molecular flexibility index (Phi) is 4.80. The summed E-state index contributed by atoms with van der Waals surface area (Å²) in [6, 6.07) is 0. The maximum Gasteiger partial charge on any atom is 0.0435 e. The first-order chi connectivity index (χ1) is 7.24. The molecule has 1 aromatic rings. The van der Waals surface area contributed by atoms with Crippen LogP contribution in [0.15, 0.2) is 6.20 Å². The highest BCUT2D eigenvalue weighted by molar-refractivity contribution is 5.36. The summed E-state index contributed by atoms with van der Waals surface area (Å²) in [5, 5.41) is 0. The Balaban J connectivity index is 3.17. The molecule has 1 nitrogen and oxygen atoms in total. The van der Waals surface area contributed by atoms with Gasteiger partial charge in [-0.1, -0.05) is 33.6 Å². The van der Waals surface area contributed by atoms with Gasteiger partial charge in [0.2, 0.25) is 0 Å². The lowest BCUT2D eigenvalue weighted by molar-refractivity contribution is 0.818. The van der Waals surface area contributed by atoms with E-state index >= 15 is 0 Å². The van der Waals surface area contributed by atoms with Gasteiger partial charge in [-0.05, 0) is 42.9 Å². The Hall–Kier alpha value is -0.850. The summed E-state index contributed by atoms with van der Waals surface area (Å²) in [6.07, 6.45) is 7.94. The third-order valence-electron chi connectivity index (χ3n) is 2.94. The molecule has 84 valence electrons. The van der Waals surface area contributed by atoms with E-state index in [2.05, 4.69) is 32.7 Å². The van der Waals surface area contributed by atoms with Crippen LogP contribution < -0.4 is 0 Å². The van der Waals surface area contributed by atoms with Crippen LogP contribution in [0.3, 0.4) is 0 Å². The van der Waals surface area contributed by atoms with E-state index in [1.165, 1.54) is 42.5 Å². The third-order valence-corrected chi connectivity index (χ3v) is 2.94. The predicted octanol–water partition coefficient (Wildman–Crippen LogP) is 3.86. The standard InChI is InChI=1S/C14H23N/c1-5-8-12-11(4)10-15-14(7-3)13(12)9-6-2/h10H,5-9H2,1-4H3. The summed E-state index contributed by atoms with van der Waals surface area (Å²) in [5.41, 5.74) is 5.77. The van der Waals surface area contributed by atoms with Gasteiger partial charge in [0.1, 0.15) is 0 Å². The van der Waals surface area contributed by atoms with Crippen molar-refractivity contribution in [2.45, 2.75) is 59.8 Å². The van der Waals surface area contributed by atoms with Gasteiger partial charge in [0.25, 0.3) is 0 Å². The minimum Gasteiger partial charge on any atom is -0.261 e. The Labute approximate surface area is 93.9 Å². The molecule has 1 rings (SSSR count). The molecule has 0 aromatic carbocycles. The first kappa shape index (κ1) is 12.2. The van der Waals surface area contributed by atoms with Crippen LogP contribution in [0.4, 0.5) is 0 Å². The topological polar surface area (TPSA) is 12.9 Å². The fourth-order valence-corrected chi connectivity index (χ4v) is 2.19. The van der Waals surface area contributed by atoms with Gasteiger partial charge in [0.15, 0.2) is 0 Å². The molecule has 0 amide bonds. The van der Waals surface area contributed by atoms with Crippen LogP contribution in [0, 0.1) is 6.92 Å². The number of aromatic nitrogens is 1. The molecule has 0 N–H and O–H groups in total. The summed E-state index contributed by atoms with van der Waals surface area (Å²) in [5.74, 6) is 0. The van der Waals surface area contributed by atoms with Crippen LogP contribution in [0.1, 0.15) is 56.0 Å². The monoisotopic (exact) mass is 205 g/mol. The second-order valence-electron chi connectivity index (χ2n) is 4.20. The molecule has 0 spiro atoms. The molecule has 0 bridgehead atoms. The molecule has 15 heavy (non-hydrogen) atoms. The molecule has 0 saturated heterocycles. The minimum atomic E-state index is 1.06. The van der Waals surface area contributed by atoms with E-state index in [4.69, 9.17) is 0 Å². The van der Waals surface area contributed by atoms with Crippen molar-refractivity contribution < 1.29 is 0 Å². The molecule has 0 aliphatic rings. The van der Waals surface area contributed by atoms with Gasteiger partial charge in [0.05, 0.1) is 0 Å². The fourth-order valence-electron chi connectivity index (χ4n) is 2.19. The molecule has 0 unspecified atom stereocenters. The Morgan fingerprint density at radius 1 is 1.00 bits per heavy atom. The van der Waals surface area contributed by atoms with Crippen molar-refractivity contribution in [3.63, 3.8) is 0 Å². The maximum atomic E-state index is 4.56. The van der Waals surface area contributed by atoms with E-state index in [0.29, 0.717) is 0 Å². The quantitative estimate of drug-likeness (QED) is 0.711. The summed E-state index contributed by atoms with van der Waals surface area (Å²) < 4.78 is 0. The van der Waals surface area contributed by atoms with Gasteiger partial charge in [-0.25, -0.2) is 0 Å². The molecular weight excluding hydrogens is 182 g/mol. The molecule has 0 aliphatic carbocycles. The Morgan fingerprint density at radius 2 is 1.60 bits per heavy atom. The molecule has 0 fully saturated rings.